The number of amides is 1. The summed E-state index contributed by atoms with van der Waals surface area (Å²) in [6.07, 6.45) is 1.31. The van der Waals surface area contributed by atoms with Crippen molar-refractivity contribution in [1.82, 2.24) is 0 Å². The van der Waals surface area contributed by atoms with Crippen molar-refractivity contribution in [2.45, 2.75) is 26.9 Å². The van der Waals surface area contributed by atoms with Crippen molar-refractivity contribution in [2.75, 3.05) is 5.32 Å². The molecule has 0 aliphatic heterocycles. The van der Waals surface area contributed by atoms with Gasteiger partial charge < -0.3 is 19.6 Å². The first kappa shape index (κ1) is 15.6. The molecule has 116 valence electrons. The summed E-state index contributed by atoms with van der Waals surface area (Å²) < 4.78 is 10.7. The number of carbonyl (C=O) groups is 2. The van der Waals surface area contributed by atoms with Crippen molar-refractivity contribution < 1.29 is 23.8 Å². The normalized spacial score (nSPS) is 10.5. The Morgan fingerprint density at radius 1 is 1.27 bits per heavy atom. The molecule has 0 saturated heterocycles. The highest BCUT2D eigenvalue weighted by atomic mass is 16.5. The van der Waals surface area contributed by atoms with Gasteiger partial charge in [-0.05, 0) is 45.0 Å². The largest absolute Gasteiger partial charge is 0.489 e. The molecule has 0 atom stereocenters. The molecule has 1 aromatic carbocycles. The van der Waals surface area contributed by atoms with Gasteiger partial charge in [-0.25, -0.2) is 4.79 Å². The smallest absolute Gasteiger partial charge is 0.335 e. The van der Waals surface area contributed by atoms with Gasteiger partial charge in [0.15, 0.2) is 5.76 Å². The van der Waals surface area contributed by atoms with E-state index in [0.717, 1.165) is 0 Å². The zero-order valence-electron chi connectivity index (χ0n) is 12.5. The van der Waals surface area contributed by atoms with Crippen LogP contribution in [0.5, 0.6) is 5.75 Å². The molecular weight excluding hydrogens is 286 g/mol. The molecule has 0 radical (unpaired) electrons. The lowest BCUT2D eigenvalue weighted by Crippen LogP contribution is -2.15. The molecule has 22 heavy (non-hydrogen) atoms. The summed E-state index contributed by atoms with van der Waals surface area (Å²) in [5, 5.41) is 11.7. The zero-order chi connectivity index (χ0) is 16.3. The van der Waals surface area contributed by atoms with E-state index in [1.807, 2.05) is 13.8 Å². The second-order valence-electron chi connectivity index (χ2n) is 5.07. The maximum Gasteiger partial charge on any atom is 0.335 e. The van der Waals surface area contributed by atoms with Gasteiger partial charge in [0.05, 0.1) is 23.6 Å². The predicted octanol–water partition coefficient (Wildman–Crippen LogP) is 3.33. The van der Waals surface area contributed by atoms with Crippen molar-refractivity contribution in [2.24, 2.45) is 0 Å². The Hall–Kier alpha value is -2.76. The summed E-state index contributed by atoms with van der Waals surface area (Å²) in [6, 6.07) is 5.98. The van der Waals surface area contributed by atoms with Gasteiger partial charge in [-0.2, -0.15) is 0 Å². The summed E-state index contributed by atoms with van der Waals surface area (Å²) in [4.78, 5) is 23.3. The lowest BCUT2D eigenvalue weighted by Gasteiger charge is -2.15. The van der Waals surface area contributed by atoms with Gasteiger partial charge in [0.25, 0.3) is 5.91 Å². The molecule has 0 bridgehead atoms. The van der Waals surface area contributed by atoms with Crippen LogP contribution in [0.3, 0.4) is 0 Å². The van der Waals surface area contributed by atoms with Crippen LogP contribution < -0.4 is 10.1 Å². The minimum Gasteiger partial charge on any atom is -0.489 e. The van der Waals surface area contributed by atoms with Gasteiger partial charge in [0.1, 0.15) is 5.75 Å². The molecule has 1 amide bonds. The molecule has 0 aliphatic rings. The number of carboxylic acid groups (broad SMARTS) is 1. The number of nitrogens with one attached hydrogen (secondary N) is 1. The van der Waals surface area contributed by atoms with Crippen molar-refractivity contribution in [3.8, 4) is 5.75 Å². The Balaban J connectivity index is 2.34. The number of hydrogen-bond donors (Lipinski definition) is 2. The molecule has 6 nitrogen and oxygen atoms in total. The van der Waals surface area contributed by atoms with Crippen LogP contribution in [0.2, 0.25) is 0 Å². The van der Waals surface area contributed by atoms with Gasteiger partial charge in [0.2, 0.25) is 0 Å². The Morgan fingerprint density at radius 3 is 2.55 bits per heavy atom. The fourth-order valence-corrected chi connectivity index (χ4v) is 1.90. The van der Waals surface area contributed by atoms with E-state index in [9.17, 15) is 9.59 Å². The third-order valence-corrected chi connectivity index (χ3v) is 2.91. The second kappa shape index (κ2) is 6.34. The van der Waals surface area contributed by atoms with E-state index in [4.69, 9.17) is 14.3 Å². The fraction of sp³-hybridized carbons (Fsp3) is 0.250. The van der Waals surface area contributed by atoms with Gasteiger partial charge in [0, 0.05) is 5.56 Å². The van der Waals surface area contributed by atoms with E-state index in [2.05, 4.69) is 5.32 Å². The summed E-state index contributed by atoms with van der Waals surface area (Å²) in [7, 11) is 0. The highest BCUT2D eigenvalue weighted by molar-refractivity contribution is 6.04. The summed E-state index contributed by atoms with van der Waals surface area (Å²) in [5.74, 6) is -0.965. The van der Waals surface area contributed by atoms with Crippen LogP contribution in [0.1, 0.15) is 40.3 Å². The van der Waals surface area contributed by atoms with Crippen molar-refractivity contribution in [3.05, 3.63) is 47.4 Å². The van der Waals surface area contributed by atoms with Crippen molar-refractivity contribution in [3.63, 3.8) is 0 Å². The van der Waals surface area contributed by atoms with E-state index in [0.29, 0.717) is 11.3 Å². The summed E-state index contributed by atoms with van der Waals surface area (Å²) >= 11 is 0. The van der Waals surface area contributed by atoms with Crippen LogP contribution in [0.25, 0.3) is 0 Å². The number of rotatable bonds is 5. The SMILES string of the molecule is Cc1ccoc1C(=O)Nc1cc(C(=O)O)ccc1OC(C)C. The van der Waals surface area contributed by atoms with Gasteiger partial charge in [-0.15, -0.1) is 0 Å². The lowest BCUT2D eigenvalue weighted by molar-refractivity contribution is 0.0696. The Kier molecular flexibility index (Phi) is 4.50. The Morgan fingerprint density at radius 2 is 2.00 bits per heavy atom. The maximum absolute atomic E-state index is 12.2. The van der Waals surface area contributed by atoms with E-state index >= 15 is 0 Å². The Labute approximate surface area is 127 Å². The first-order chi connectivity index (χ1) is 10.4. The summed E-state index contributed by atoms with van der Waals surface area (Å²) in [5.41, 5.74) is 1.04. The monoisotopic (exact) mass is 303 g/mol. The van der Waals surface area contributed by atoms with Crippen LogP contribution in [0, 0.1) is 6.92 Å². The van der Waals surface area contributed by atoms with Gasteiger partial charge in [-0.3, -0.25) is 4.79 Å². The van der Waals surface area contributed by atoms with E-state index in [1.165, 1.54) is 24.5 Å². The fourth-order valence-electron chi connectivity index (χ4n) is 1.90. The molecule has 1 aromatic heterocycles. The van der Waals surface area contributed by atoms with Crippen molar-refractivity contribution in [1.29, 1.82) is 0 Å². The average molecular weight is 303 g/mol. The molecule has 2 aromatic rings. The number of hydrogen-bond acceptors (Lipinski definition) is 4. The number of anilines is 1. The number of carboxylic acids is 1. The summed E-state index contributed by atoms with van der Waals surface area (Å²) in [6.45, 7) is 5.43. The minimum atomic E-state index is -1.08. The third kappa shape index (κ3) is 3.46. The Bertz CT molecular complexity index is 702. The molecule has 6 heteroatoms. The molecule has 0 aliphatic carbocycles. The number of aryl methyl sites for hydroxylation is 1. The van der Waals surface area contributed by atoms with E-state index in [-0.39, 0.29) is 23.1 Å². The molecular formula is C16H17NO5. The van der Waals surface area contributed by atoms with Gasteiger partial charge >= 0.3 is 5.97 Å². The second-order valence-corrected chi connectivity index (χ2v) is 5.07. The minimum absolute atomic E-state index is 0.0579. The zero-order valence-corrected chi connectivity index (χ0v) is 12.5. The number of carbonyl (C=O) groups excluding carboxylic acids is 1. The average Bonchev–Trinajstić information content (AvgIpc) is 2.86. The number of benzene rings is 1. The molecule has 0 unspecified atom stereocenters. The maximum atomic E-state index is 12.2. The molecule has 0 spiro atoms. The highest BCUT2D eigenvalue weighted by Gasteiger charge is 2.17. The standard InChI is InChI=1S/C16H17NO5/c1-9(2)22-13-5-4-11(16(19)20)8-12(13)17-15(18)14-10(3)6-7-21-14/h4-9H,1-3H3,(H,17,18)(H,19,20). The van der Waals surface area contributed by atoms with Crippen LogP contribution >= 0.6 is 0 Å². The molecule has 1 heterocycles. The number of aromatic carboxylic acids is 1. The molecule has 2 N–H and O–H groups in total. The van der Waals surface area contributed by atoms with Crippen LogP contribution in [0.15, 0.2) is 34.9 Å². The first-order valence-corrected chi connectivity index (χ1v) is 6.78. The van der Waals surface area contributed by atoms with E-state index in [1.54, 1.807) is 13.0 Å². The lowest BCUT2D eigenvalue weighted by atomic mass is 10.1. The van der Waals surface area contributed by atoms with E-state index < -0.39 is 11.9 Å². The van der Waals surface area contributed by atoms with Gasteiger partial charge in [-0.1, -0.05) is 0 Å². The number of furan rings is 1. The third-order valence-electron chi connectivity index (χ3n) is 2.91. The molecule has 0 fully saturated rings. The quantitative estimate of drug-likeness (QED) is 0.884. The molecule has 0 saturated carbocycles. The topological polar surface area (TPSA) is 88.8 Å². The predicted molar refractivity (Wildman–Crippen MR) is 80.6 cm³/mol. The number of ether oxygens (including phenoxy) is 1. The van der Waals surface area contributed by atoms with Crippen molar-refractivity contribution >= 4 is 17.6 Å². The van der Waals surface area contributed by atoms with Crippen LogP contribution in [-0.4, -0.2) is 23.1 Å². The highest BCUT2D eigenvalue weighted by Crippen LogP contribution is 2.28. The van der Waals surface area contributed by atoms with Crippen LogP contribution in [0.4, 0.5) is 5.69 Å². The molecule has 2 rings (SSSR count). The first-order valence-electron chi connectivity index (χ1n) is 6.78. The van der Waals surface area contributed by atoms with Crippen LogP contribution in [-0.2, 0) is 0 Å².